The van der Waals surface area contributed by atoms with Gasteiger partial charge in [0.05, 0.1) is 4.92 Å². The van der Waals surface area contributed by atoms with Gasteiger partial charge < -0.3 is 10.1 Å². The van der Waals surface area contributed by atoms with Crippen molar-refractivity contribution < 1.29 is 14.5 Å². The molecule has 11 heteroatoms. The van der Waals surface area contributed by atoms with E-state index < -0.39 is 16.5 Å². The molecule has 0 aliphatic heterocycles. The maximum atomic E-state index is 11.9. The number of pyridine rings is 1. The van der Waals surface area contributed by atoms with Crippen LogP contribution in [0.2, 0.25) is 0 Å². The first kappa shape index (κ1) is 18.5. The second-order valence-corrected chi connectivity index (χ2v) is 5.29. The number of amides is 1. The minimum Gasteiger partial charge on any atom is -0.484 e. The van der Waals surface area contributed by atoms with Crippen molar-refractivity contribution >= 4 is 29.0 Å². The number of hydrazine groups is 1. The van der Waals surface area contributed by atoms with Crippen molar-refractivity contribution in [3.63, 3.8) is 0 Å². The number of anilines is 3. The molecule has 3 aromatic rings. The Kier molecular flexibility index (Phi) is 5.88. The number of ether oxygens (including phenoxy) is 1. The first-order valence-electron chi connectivity index (χ1n) is 8.03. The highest BCUT2D eigenvalue weighted by atomic mass is 16.6. The highest BCUT2D eigenvalue weighted by Crippen LogP contribution is 2.30. The van der Waals surface area contributed by atoms with Crippen molar-refractivity contribution in [1.29, 1.82) is 0 Å². The fraction of sp³-hybridized carbons (Fsp3) is 0.0588. The summed E-state index contributed by atoms with van der Waals surface area (Å²) in [4.78, 5) is 34.4. The van der Waals surface area contributed by atoms with Crippen molar-refractivity contribution in [2.45, 2.75) is 0 Å². The molecule has 2 heterocycles. The number of aromatic nitrogens is 3. The Hall–Kier alpha value is -4.28. The molecule has 3 rings (SSSR count). The second kappa shape index (κ2) is 8.89. The maximum Gasteiger partial charge on any atom is 0.355 e. The van der Waals surface area contributed by atoms with E-state index in [1.165, 1.54) is 6.20 Å². The molecule has 142 valence electrons. The number of hydrogen-bond donors (Lipinski definition) is 3. The molecule has 0 saturated heterocycles. The molecule has 3 N–H and O–H groups in total. The number of nitro groups is 1. The van der Waals surface area contributed by atoms with E-state index in [0.29, 0.717) is 11.6 Å². The van der Waals surface area contributed by atoms with Gasteiger partial charge in [0.15, 0.2) is 6.61 Å². The minimum atomic E-state index is -0.666. The molecule has 28 heavy (non-hydrogen) atoms. The number of benzene rings is 1. The van der Waals surface area contributed by atoms with Gasteiger partial charge in [-0.25, -0.2) is 15.0 Å². The van der Waals surface area contributed by atoms with Gasteiger partial charge in [0.2, 0.25) is 11.6 Å². The molecule has 0 radical (unpaired) electrons. The molecule has 0 fully saturated rings. The van der Waals surface area contributed by atoms with E-state index in [2.05, 4.69) is 31.1 Å². The third-order valence-electron chi connectivity index (χ3n) is 3.35. The highest BCUT2D eigenvalue weighted by Gasteiger charge is 2.23. The summed E-state index contributed by atoms with van der Waals surface area (Å²) in [5.41, 5.74) is 4.28. The van der Waals surface area contributed by atoms with E-state index in [9.17, 15) is 14.9 Å². The van der Waals surface area contributed by atoms with Gasteiger partial charge in [0.25, 0.3) is 5.91 Å². The number of hydrogen-bond acceptors (Lipinski definition) is 9. The Labute approximate surface area is 158 Å². The molecular weight excluding hydrogens is 366 g/mol. The van der Waals surface area contributed by atoms with Crippen molar-refractivity contribution in [2.75, 3.05) is 17.3 Å². The highest BCUT2D eigenvalue weighted by molar-refractivity contribution is 5.80. The lowest BCUT2D eigenvalue weighted by Crippen LogP contribution is -2.34. The fourth-order valence-electron chi connectivity index (χ4n) is 2.12. The zero-order chi connectivity index (χ0) is 19.8. The smallest absolute Gasteiger partial charge is 0.355 e. The standard InChI is InChI=1S/C17H15N7O4/c25-14(10-28-12-6-2-1-3-7-12)22-23-17-15(24(26)27)16(19-11-20-17)21-13-8-4-5-9-18-13/h1-9,11H,10H2,(H,22,25)(H2,18,19,20,21,23). The number of para-hydroxylation sites is 1. The summed E-state index contributed by atoms with van der Waals surface area (Å²) in [5, 5.41) is 14.2. The molecule has 0 saturated carbocycles. The van der Waals surface area contributed by atoms with Crippen molar-refractivity contribution in [1.82, 2.24) is 20.4 Å². The third-order valence-corrected chi connectivity index (χ3v) is 3.35. The van der Waals surface area contributed by atoms with Gasteiger partial charge in [-0.05, 0) is 24.3 Å². The molecule has 0 aliphatic rings. The molecule has 1 amide bonds. The predicted molar refractivity (Wildman–Crippen MR) is 99.9 cm³/mol. The first-order chi connectivity index (χ1) is 13.6. The van der Waals surface area contributed by atoms with Gasteiger partial charge in [0, 0.05) is 6.20 Å². The molecule has 11 nitrogen and oxygen atoms in total. The maximum absolute atomic E-state index is 11.9. The molecule has 0 aliphatic carbocycles. The van der Waals surface area contributed by atoms with Crippen LogP contribution >= 0.6 is 0 Å². The van der Waals surface area contributed by atoms with Crippen molar-refractivity contribution in [2.24, 2.45) is 0 Å². The Bertz CT molecular complexity index is 954. The summed E-state index contributed by atoms with van der Waals surface area (Å²) in [7, 11) is 0. The lowest BCUT2D eigenvalue weighted by Gasteiger charge is -2.11. The second-order valence-electron chi connectivity index (χ2n) is 5.29. The van der Waals surface area contributed by atoms with Crippen LogP contribution in [-0.4, -0.2) is 32.4 Å². The summed E-state index contributed by atoms with van der Waals surface area (Å²) in [6.45, 7) is -0.283. The number of nitrogens with one attached hydrogen (secondary N) is 3. The van der Waals surface area contributed by atoms with E-state index >= 15 is 0 Å². The normalized spacial score (nSPS) is 10.0. The molecule has 1 aromatic carbocycles. The fourth-order valence-corrected chi connectivity index (χ4v) is 2.12. The van der Waals surface area contributed by atoms with Gasteiger partial charge in [-0.3, -0.25) is 25.8 Å². The zero-order valence-corrected chi connectivity index (χ0v) is 14.4. The van der Waals surface area contributed by atoms with Crippen LogP contribution in [0.4, 0.5) is 23.1 Å². The van der Waals surface area contributed by atoms with Crippen LogP contribution in [0.1, 0.15) is 0 Å². The molecule has 0 atom stereocenters. The third kappa shape index (κ3) is 4.88. The topological polar surface area (TPSA) is 144 Å². The average molecular weight is 381 g/mol. The number of rotatable bonds is 8. The van der Waals surface area contributed by atoms with Gasteiger partial charge >= 0.3 is 5.69 Å². The van der Waals surface area contributed by atoms with Crippen LogP contribution in [0.3, 0.4) is 0 Å². The van der Waals surface area contributed by atoms with Gasteiger partial charge in [0.1, 0.15) is 17.9 Å². The number of nitrogens with zero attached hydrogens (tertiary/aromatic N) is 4. The zero-order valence-electron chi connectivity index (χ0n) is 14.4. The Morgan fingerprint density at radius 2 is 1.79 bits per heavy atom. The van der Waals surface area contributed by atoms with Crippen molar-refractivity contribution in [3.8, 4) is 5.75 Å². The molecule has 0 unspecified atom stereocenters. The summed E-state index contributed by atoms with van der Waals surface area (Å²) in [6, 6.07) is 13.8. The Morgan fingerprint density at radius 3 is 2.50 bits per heavy atom. The SMILES string of the molecule is O=C(COc1ccccc1)NNc1ncnc(Nc2ccccn2)c1[N+](=O)[O-]. The average Bonchev–Trinajstić information content (AvgIpc) is 2.72. The van der Waals surface area contributed by atoms with Gasteiger partial charge in [-0.2, -0.15) is 0 Å². The van der Waals surface area contributed by atoms with Crippen LogP contribution in [-0.2, 0) is 4.79 Å². The lowest BCUT2D eigenvalue weighted by molar-refractivity contribution is -0.383. The van der Waals surface area contributed by atoms with Crippen LogP contribution in [0.25, 0.3) is 0 Å². The Balaban J connectivity index is 1.66. The summed E-state index contributed by atoms with van der Waals surface area (Å²) < 4.78 is 5.30. The molecule has 2 aromatic heterocycles. The van der Waals surface area contributed by atoms with Crippen LogP contribution < -0.4 is 20.9 Å². The number of carbonyl (C=O) groups excluding carboxylic acids is 1. The van der Waals surface area contributed by atoms with Crippen LogP contribution in [0.15, 0.2) is 61.1 Å². The minimum absolute atomic E-state index is 0.0732. The first-order valence-corrected chi connectivity index (χ1v) is 8.03. The van der Waals surface area contributed by atoms with E-state index in [4.69, 9.17) is 4.74 Å². The molecule has 0 bridgehead atoms. The summed E-state index contributed by atoms with van der Waals surface area (Å²) >= 11 is 0. The Morgan fingerprint density at radius 1 is 1.04 bits per heavy atom. The van der Waals surface area contributed by atoms with Gasteiger partial charge in [-0.15, -0.1) is 0 Å². The van der Waals surface area contributed by atoms with E-state index in [0.717, 1.165) is 6.33 Å². The monoisotopic (exact) mass is 381 g/mol. The quantitative estimate of drug-likeness (QED) is 0.394. The van der Waals surface area contributed by atoms with Gasteiger partial charge in [-0.1, -0.05) is 24.3 Å². The largest absolute Gasteiger partial charge is 0.484 e. The summed E-state index contributed by atoms with van der Waals surface area (Å²) in [6.07, 6.45) is 2.65. The summed E-state index contributed by atoms with van der Waals surface area (Å²) in [5.74, 6) is 0.0848. The number of carbonyl (C=O) groups is 1. The van der Waals surface area contributed by atoms with Crippen LogP contribution in [0.5, 0.6) is 5.75 Å². The van der Waals surface area contributed by atoms with Crippen LogP contribution in [0, 0.1) is 10.1 Å². The van der Waals surface area contributed by atoms with E-state index in [1.807, 2.05) is 6.07 Å². The molecule has 0 spiro atoms. The van der Waals surface area contributed by atoms with E-state index in [1.54, 1.807) is 42.5 Å². The lowest BCUT2D eigenvalue weighted by atomic mass is 10.3. The van der Waals surface area contributed by atoms with Crippen molar-refractivity contribution in [3.05, 3.63) is 71.2 Å². The predicted octanol–water partition coefficient (Wildman–Crippen LogP) is 2.05. The molecular formula is C17H15N7O4. The van der Waals surface area contributed by atoms with E-state index in [-0.39, 0.29) is 18.2 Å².